The lowest BCUT2D eigenvalue weighted by Crippen LogP contribution is -2.29. The molecular formula is C31H24FN3O6S2. The SMILES string of the molecule is C=CCOc1cccc(C2/C(=C(\O)c3ccc4c(c3)OCCO4)C(=O)C(=O)N2c2nnc(SCc3ccccc3F)s2)c1. The van der Waals surface area contributed by atoms with E-state index in [0.29, 0.717) is 51.7 Å². The molecule has 2 aliphatic rings. The Bertz CT molecular complexity index is 1760. The van der Waals surface area contributed by atoms with E-state index >= 15 is 0 Å². The van der Waals surface area contributed by atoms with Crippen molar-refractivity contribution >= 4 is 45.7 Å². The van der Waals surface area contributed by atoms with E-state index in [1.165, 1.54) is 22.7 Å². The number of halogens is 1. The van der Waals surface area contributed by atoms with Gasteiger partial charge in [-0.2, -0.15) is 0 Å². The average Bonchev–Trinajstić information content (AvgIpc) is 3.60. The Balaban J connectivity index is 1.40. The largest absolute Gasteiger partial charge is 0.507 e. The number of ether oxygens (including phenoxy) is 3. The molecule has 12 heteroatoms. The van der Waals surface area contributed by atoms with Crippen molar-refractivity contribution in [1.29, 1.82) is 0 Å². The molecule has 1 amide bonds. The summed E-state index contributed by atoms with van der Waals surface area (Å²) in [5.74, 6) is -0.740. The van der Waals surface area contributed by atoms with E-state index in [1.807, 2.05) is 0 Å². The van der Waals surface area contributed by atoms with Gasteiger partial charge in [-0.15, -0.1) is 10.2 Å². The molecule has 43 heavy (non-hydrogen) atoms. The highest BCUT2D eigenvalue weighted by molar-refractivity contribution is 8.00. The molecule has 0 saturated carbocycles. The van der Waals surface area contributed by atoms with E-state index in [2.05, 4.69) is 16.8 Å². The summed E-state index contributed by atoms with van der Waals surface area (Å²) in [6.07, 6.45) is 1.60. The summed E-state index contributed by atoms with van der Waals surface area (Å²) >= 11 is 2.35. The Morgan fingerprint density at radius 2 is 1.91 bits per heavy atom. The highest BCUT2D eigenvalue weighted by Gasteiger charge is 2.48. The van der Waals surface area contributed by atoms with E-state index < -0.39 is 17.7 Å². The van der Waals surface area contributed by atoms with Crippen molar-refractivity contribution in [3.05, 3.63) is 107 Å². The van der Waals surface area contributed by atoms with E-state index in [9.17, 15) is 19.1 Å². The quantitative estimate of drug-likeness (QED) is 0.0610. The van der Waals surface area contributed by atoms with Crippen molar-refractivity contribution in [2.45, 2.75) is 16.1 Å². The fourth-order valence-corrected chi connectivity index (χ4v) is 6.59. The smallest absolute Gasteiger partial charge is 0.301 e. The lowest BCUT2D eigenvalue weighted by atomic mass is 9.95. The first-order valence-corrected chi connectivity index (χ1v) is 15.0. The highest BCUT2D eigenvalue weighted by atomic mass is 32.2. The predicted molar refractivity (Wildman–Crippen MR) is 160 cm³/mol. The maximum absolute atomic E-state index is 14.1. The fraction of sp³-hybridized carbons (Fsp3) is 0.161. The lowest BCUT2D eigenvalue weighted by Gasteiger charge is -2.23. The predicted octanol–water partition coefficient (Wildman–Crippen LogP) is 5.93. The number of amides is 1. The second-order valence-electron chi connectivity index (χ2n) is 9.43. The maximum Gasteiger partial charge on any atom is 0.301 e. The van der Waals surface area contributed by atoms with Crippen molar-refractivity contribution in [1.82, 2.24) is 10.2 Å². The van der Waals surface area contributed by atoms with Crippen molar-refractivity contribution in [3.63, 3.8) is 0 Å². The van der Waals surface area contributed by atoms with Gasteiger partial charge < -0.3 is 19.3 Å². The Kier molecular flexibility index (Phi) is 8.12. The molecule has 0 radical (unpaired) electrons. The molecule has 1 unspecified atom stereocenters. The van der Waals surface area contributed by atoms with Crippen molar-refractivity contribution in [2.24, 2.45) is 0 Å². The Labute approximate surface area is 254 Å². The third kappa shape index (κ3) is 5.71. The lowest BCUT2D eigenvalue weighted by molar-refractivity contribution is -0.132. The number of aromatic nitrogens is 2. The number of carbonyl (C=O) groups is 2. The first kappa shape index (κ1) is 28.4. The van der Waals surface area contributed by atoms with Crippen LogP contribution in [0.4, 0.5) is 9.52 Å². The number of aliphatic hydroxyl groups is 1. The molecule has 0 bridgehead atoms. The van der Waals surface area contributed by atoms with Crippen LogP contribution in [-0.4, -0.2) is 46.8 Å². The molecule has 3 aromatic carbocycles. The summed E-state index contributed by atoms with van der Waals surface area (Å²) in [6, 6.07) is 17.1. The molecule has 2 aliphatic heterocycles. The summed E-state index contributed by atoms with van der Waals surface area (Å²) in [5, 5.41) is 20.1. The minimum atomic E-state index is -1.04. The molecule has 1 N–H and O–H groups in total. The zero-order valence-electron chi connectivity index (χ0n) is 22.6. The van der Waals surface area contributed by atoms with Gasteiger partial charge in [-0.1, -0.05) is 66.1 Å². The van der Waals surface area contributed by atoms with Crippen LogP contribution in [0.3, 0.4) is 0 Å². The monoisotopic (exact) mass is 617 g/mol. The number of thioether (sulfide) groups is 1. The summed E-state index contributed by atoms with van der Waals surface area (Å²) in [6.45, 7) is 4.66. The second kappa shape index (κ2) is 12.3. The van der Waals surface area contributed by atoms with E-state index in [0.717, 1.165) is 11.3 Å². The number of hydrogen-bond acceptors (Lipinski definition) is 10. The van der Waals surface area contributed by atoms with Crippen LogP contribution in [0.15, 0.2) is 89.3 Å². The van der Waals surface area contributed by atoms with Crippen LogP contribution < -0.4 is 19.1 Å². The van der Waals surface area contributed by atoms with Crippen LogP contribution >= 0.6 is 23.1 Å². The Morgan fingerprint density at radius 1 is 1.09 bits per heavy atom. The number of fused-ring (bicyclic) bond motifs is 1. The third-order valence-electron chi connectivity index (χ3n) is 6.71. The minimum Gasteiger partial charge on any atom is -0.507 e. The van der Waals surface area contributed by atoms with Gasteiger partial charge in [0.05, 0.1) is 11.6 Å². The van der Waals surface area contributed by atoms with Gasteiger partial charge in [-0.3, -0.25) is 14.5 Å². The number of aliphatic hydroxyl groups excluding tert-OH is 1. The number of benzene rings is 3. The number of carbonyl (C=O) groups excluding carboxylic acids is 2. The number of anilines is 1. The number of hydrogen-bond donors (Lipinski definition) is 1. The molecule has 1 aromatic heterocycles. The number of Topliss-reactive ketones (excluding diaryl/α,β-unsaturated/α-hetero) is 1. The molecule has 1 saturated heterocycles. The van der Waals surface area contributed by atoms with Crippen LogP contribution in [-0.2, 0) is 15.3 Å². The van der Waals surface area contributed by atoms with E-state index in [4.69, 9.17) is 14.2 Å². The molecule has 218 valence electrons. The summed E-state index contributed by atoms with van der Waals surface area (Å²) in [7, 11) is 0. The number of ketones is 1. The van der Waals surface area contributed by atoms with Gasteiger partial charge in [0.2, 0.25) is 5.13 Å². The molecule has 1 fully saturated rings. The molecule has 1 atom stereocenters. The summed E-state index contributed by atoms with van der Waals surface area (Å²) < 4.78 is 31.6. The average molecular weight is 618 g/mol. The van der Waals surface area contributed by atoms with Gasteiger partial charge in [-0.25, -0.2) is 4.39 Å². The first-order valence-electron chi connectivity index (χ1n) is 13.2. The van der Waals surface area contributed by atoms with Crippen molar-refractivity contribution < 1.29 is 33.3 Å². The second-order valence-corrected chi connectivity index (χ2v) is 11.6. The van der Waals surface area contributed by atoms with Crippen LogP contribution in [0.25, 0.3) is 5.76 Å². The fourth-order valence-electron chi connectivity index (χ4n) is 4.73. The zero-order chi connectivity index (χ0) is 29.9. The Hall–Kier alpha value is -4.68. The van der Waals surface area contributed by atoms with Gasteiger partial charge in [0, 0.05) is 11.3 Å². The number of rotatable bonds is 9. The summed E-state index contributed by atoms with van der Waals surface area (Å²) in [4.78, 5) is 28.4. The minimum absolute atomic E-state index is 0.127. The molecule has 6 rings (SSSR count). The van der Waals surface area contributed by atoms with Crippen molar-refractivity contribution in [3.8, 4) is 17.2 Å². The topological polar surface area (TPSA) is 111 Å². The van der Waals surface area contributed by atoms with Gasteiger partial charge in [0.15, 0.2) is 15.8 Å². The van der Waals surface area contributed by atoms with Gasteiger partial charge >= 0.3 is 5.91 Å². The van der Waals surface area contributed by atoms with Crippen molar-refractivity contribution in [2.75, 3.05) is 24.7 Å². The Morgan fingerprint density at radius 3 is 2.72 bits per heavy atom. The standard InChI is InChI=1S/C31H24FN3O6S2/c1-2-12-39-21-8-5-7-18(15-21)26-25(27(36)19-10-11-23-24(16-19)41-14-13-40-23)28(37)29(38)35(26)30-33-34-31(43-30)42-17-20-6-3-4-9-22(20)32/h2-11,15-16,26,36H,1,12-14,17H2/b27-25+. The van der Waals surface area contributed by atoms with Crippen LogP contribution in [0, 0.1) is 5.82 Å². The van der Waals surface area contributed by atoms with Gasteiger partial charge in [-0.05, 0) is 47.5 Å². The van der Waals surface area contributed by atoms with E-state index in [-0.39, 0.29) is 34.5 Å². The van der Waals surface area contributed by atoms with E-state index in [1.54, 1.807) is 66.7 Å². The third-order valence-corrected chi connectivity index (χ3v) is 8.82. The summed E-state index contributed by atoms with van der Waals surface area (Å²) in [5.41, 5.74) is 1.17. The highest BCUT2D eigenvalue weighted by Crippen LogP contribution is 2.45. The molecule has 3 heterocycles. The first-order chi connectivity index (χ1) is 20.9. The molecule has 4 aromatic rings. The molecular weight excluding hydrogens is 593 g/mol. The molecule has 9 nitrogen and oxygen atoms in total. The van der Waals surface area contributed by atoms with Gasteiger partial charge in [0.1, 0.15) is 37.1 Å². The maximum atomic E-state index is 14.1. The van der Waals surface area contributed by atoms with Gasteiger partial charge in [0.25, 0.3) is 5.78 Å². The zero-order valence-corrected chi connectivity index (χ0v) is 24.2. The van der Waals surface area contributed by atoms with Crippen LogP contribution in [0.2, 0.25) is 0 Å². The van der Waals surface area contributed by atoms with Crippen LogP contribution in [0.1, 0.15) is 22.7 Å². The molecule has 0 spiro atoms. The van der Waals surface area contributed by atoms with Crippen LogP contribution in [0.5, 0.6) is 17.2 Å². The number of nitrogens with zero attached hydrogens (tertiary/aromatic N) is 3. The molecule has 0 aliphatic carbocycles. The normalized spacial score (nSPS) is 17.2.